The largest absolute Gasteiger partial charge is 0.507 e. The van der Waals surface area contributed by atoms with Crippen molar-refractivity contribution in [2.45, 2.75) is 0 Å². The highest BCUT2D eigenvalue weighted by Gasteiger charge is 2.19. The fourth-order valence-corrected chi connectivity index (χ4v) is 4.59. The van der Waals surface area contributed by atoms with Crippen molar-refractivity contribution in [3.63, 3.8) is 0 Å². The lowest BCUT2D eigenvalue weighted by atomic mass is 9.98. The van der Waals surface area contributed by atoms with E-state index in [4.69, 9.17) is 4.98 Å². The summed E-state index contributed by atoms with van der Waals surface area (Å²) in [5.74, 6) is 1.11. The zero-order chi connectivity index (χ0) is 23.8. The van der Waals surface area contributed by atoms with E-state index in [1.165, 1.54) is 0 Å². The van der Waals surface area contributed by atoms with Crippen molar-refractivity contribution in [2.24, 2.45) is 0 Å². The average Bonchev–Trinajstić information content (AvgIpc) is 3.29. The van der Waals surface area contributed by atoms with Gasteiger partial charge in [0.25, 0.3) is 0 Å². The molecule has 5 aromatic carbocycles. The summed E-state index contributed by atoms with van der Waals surface area (Å²) < 4.78 is 2.08. The topological polar surface area (TPSA) is 58.3 Å². The Morgan fingerprint density at radius 1 is 0.514 bits per heavy atom. The van der Waals surface area contributed by atoms with Gasteiger partial charge in [-0.25, -0.2) is 4.98 Å². The van der Waals surface area contributed by atoms with Crippen LogP contribution in [0.1, 0.15) is 0 Å². The Morgan fingerprint density at radius 2 is 1.09 bits per heavy atom. The first-order valence-electron chi connectivity index (χ1n) is 11.4. The van der Waals surface area contributed by atoms with Gasteiger partial charge >= 0.3 is 0 Å². The summed E-state index contributed by atoms with van der Waals surface area (Å²) >= 11 is 0. The van der Waals surface area contributed by atoms with Gasteiger partial charge in [-0.2, -0.15) is 0 Å². The minimum Gasteiger partial charge on any atom is -0.507 e. The maximum Gasteiger partial charge on any atom is 0.149 e. The summed E-state index contributed by atoms with van der Waals surface area (Å²) in [6.45, 7) is 0. The summed E-state index contributed by atoms with van der Waals surface area (Å²) in [5, 5.41) is 21.0. The zero-order valence-electron chi connectivity index (χ0n) is 18.8. The number of hydrogen-bond donors (Lipinski definition) is 2. The molecule has 0 atom stereocenters. The van der Waals surface area contributed by atoms with E-state index in [1.807, 2.05) is 84.9 Å². The van der Waals surface area contributed by atoms with Gasteiger partial charge in [-0.3, -0.25) is 4.57 Å². The van der Waals surface area contributed by atoms with Crippen LogP contribution < -0.4 is 0 Å². The molecule has 0 aliphatic heterocycles. The second-order valence-electron chi connectivity index (χ2n) is 8.39. The van der Waals surface area contributed by atoms with E-state index in [-0.39, 0.29) is 11.5 Å². The molecule has 1 aromatic heterocycles. The molecule has 0 spiro atoms. The quantitative estimate of drug-likeness (QED) is 0.291. The molecule has 0 unspecified atom stereocenters. The molecular weight excluding hydrogens is 432 g/mol. The molecule has 35 heavy (non-hydrogen) atoms. The molecule has 6 aromatic rings. The number of hydrogen-bond acceptors (Lipinski definition) is 3. The number of rotatable bonds is 4. The summed E-state index contributed by atoms with van der Waals surface area (Å²) in [7, 11) is 0. The van der Waals surface area contributed by atoms with E-state index >= 15 is 0 Å². The molecule has 0 fully saturated rings. The van der Waals surface area contributed by atoms with Crippen molar-refractivity contribution in [3.05, 3.63) is 121 Å². The molecule has 4 nitrogen and oxygen atoms in total. The van der Waals surface area contributed by atoms with Gasteiger partial charge in [0.05, 0.1) is 16.6 Å². The third kappa shape index (κ3) is 3.62. The lowest BCUT2D eigenvalue weighted by Gasteiger charge is -2.11. The van der Waals surface area contributed by atoms with Crippen molar-refractivity contribution in [2.75, 3.05) is 0 Å². The fraction of sp³-hybridized carbons (Fsp3) is 0. The van der Waals surface area contributed by atoms with Crippen molar-refractivity contribution in [1.82, 2.24) is 9.55 Å². The van der Waals surface area contributed by atoms with Crippen molar-refractivity contribution >= 4 is 11.0 Å². The third-order valence-corrected chi connectivity index (χ3v) is 6.23. The van der Waals surface area contributed by atoms with Gasteiger partial charge in [0.15, 0.2) is 0 Å². The molecule has 0 saturated carbocycles. The number of fused-ring (bicyclic) bond motifs is 1. The summed E-state index contributed by atoms with van der Waals surface area (Å²) in [4.78, 5) is 5.07. The average molecular weight is 455 g/mol. The number of aromatic hydroxyl groups is 2. The van der Waals surface area contributed by atoms with E-state index in [2.05, 4.69) is 28.8 Å². The van der Waals surface area contributed by atoms with Crippen molar-refractivity contribution < 1.29 is 10.2 Å². The molecular formula is C31H22N2O2. The van der Waals surface area contributed by atoms with Crippen LogP contribution in [0.4, 0.5) is 0 Å². The Balaban J connectivity index is 1.61. The number of phenolic OH excluding ortho intramolecular Hbond substituents is 2. The van der Waals surface area contributed by atoms with Crippen LogP contribution in [0.5, 0.6) is 11.5 Å². The molecule has 1 heterocycles. The van der Waals surface area contributed by atoms with E-state index < -0.39 is 0 Å². The van der Waals surface area contributed by atoms with Crippen LogP contribution in [0, 0.1) is 0 Å². The predicted octanol–water partition coefficient (Wildman–Crippen LogP) is 7.44. The minimum absolute atomic E-state index is 0.183. The van der Waals surface area contributed by atoms with Gasteiger partial charge < -0.3 is 10.2 Å². The van der Waals surface area contributed by atoms with Gasteiger partial charge in [0.1, 0.15) is 17.3 Å². The molecule has 2 N–H and O–H groups in total. The van der Waals surface area contributed by atoms with Crippen LogP contribution in [0.3, 0.4) is 0 Å². The first-order chi connectivity index (χ1) is 17.2. The molecule has 0 bridgehead atoms. The lowest BCUT2D eigenvalue weighted by molar-refractivity contribution is 0.476. The molecule has 0 saturated heterocycles. The van der Waals surface area contributed by atoms with Crippen molar-refractivity contribution in [3.8, 4) is 50.8 Å². The highest BCUT2D eigenvalue weighted by molar-refractivity contribution is 5.96. The van der Waals surface area contributed by atoms with Crippen molar-refractivity contribution in [1.29, 1.82) is 0 Å². The first-order valence-corrected chi connectivity index (χ1v) is 11.4. The summed E-state index contributed by atoms with van der Waals surface area (Å²) in [5.41, 5.74) is 7.11. The van der Waals surface area contributed by atoms with Crippen LogP contribution in [-0.4, -0.2) is 19.8 Å². The minimum atomic E-state index is 0.183. The monoisotopic (exact) mass is 454 g/mol. The zero-order valence-corrected chi connectivity index (χ0v) is 18.8. The maximum atomic E-state index is 10.7. The van der Waals surface area contributed by atoms with E-state index in [0.29, 0.717) is 11.4 Å². The Morgan fingerprint density at radius 3 is 1.80 bits per heavy atom. The molecule has 0 aliphatic rings. The summed E-state index contributed by atoms with van der Waals surface area (Å²) in [6, 6.07) is 38.9. The number of nitrogens with zero attached hydrogens (tertiary/aromatic N) is 2. The van der Waals surface area contributed by atoms with E-state index in [0.717, 1.165) is 39.0 Å². The Labute approximate surface area is 203 Å². The van der Waals surface area contributed by atoms with E-state index in [1.54, 1.807) is 12.1 Å². The predicted molar refractivity (Wildman–Crippen MR) is 141 cm³/mol. The van der Waals surface area contributed by atoms with Gasteiger partial charge in [-0.15, -0.1) is 0 Å². The Hall–Kier alpha value is -4.83. The number of phenols is 2. The highest BCUT2D eigenvalue weighted by Crippen LogP contribution is 2.38. The fourth-order valence-electron chi connectivity index (χ4n) is 4.59. The molecule has 0 radical (unpaired) electrons. The van der Waals surface area contributed by atoms with E-state index in [9.17, 15) is 10.2 Å². The van der Waals surface area contributed by atoms with Crippen LogP contribution >= 0.6 is 0 Å². The smallest absolute Gasteiger partial charge is 0.149 e. The normalized spacial score (nSPS) is 11.1. The lowest BCUT2D eigenvalue weighted by Crippen LogP contribution is -1.97. The molecule has 0 aliphatic carbocycles. The van der Waals surface area contributed by atoms with Crippen LogP contribution in [0.15, 0.2) is 121 Å². The first kappa shape index (κ1) is 20.8. The molecule has 6 rings (SSSR count). The molecule has 4 heteroatoms. The second-order valence-corrected chi connectivity index (χ2v) is 8.39. The van der Waals surface area contributed by atoms with Gasteiger partial charge in [0.2, 0.25) is 0 Å². The van der Waals surface area contributed by atoms with Gasteiger partial charge in [-0.05, 0) is 53.6 Å². The maximum absolute atomic E-state index is 10.7. The molecule has 168 valence electrons. The second kappa shape index (κ2) is 8.50. The third-order valence-electron chi connectivity index (χ3n) is 6.23. The summed E-state index contributed by atoms with van der Waals surface area (Å²) in [6.07, 6.45) is 0. The number of imidazole rings is 1. The van der Waals surface area contributed by atoms with Crippen LogP contribution in [0.25, 0.3) is 50.4 Å². The molecule has 0 amide bonds. The van der Waals surface area contributed by atoms with Crippen LogP contribution in [-0.2, 0) is 0 Å². The van der Waals surface area contributed by atoms with Gasteiger partial charge in [0, 0.05) is 16.8 Å². The number of benzene rings is 5. The van der Waals surface area contributed by atoms with Gasteiger partial charge in [-0.1, -0.05) is 78.9 Å². The number of aromatic nitrogens is 2. The van der Waals surface area contributed by atoms with Crippen LogP contribution in [0.2, 0.25) is 0 Å². The Bertz CT molecular complexity index is 1670. The highest BCUT2D eigenvalue weighted by atomic mass is 16.3. The SMILES string of the molecule is Oc1ccccc1-c1cccc(-c2cccc3c2nc(-c2ccccc2O)n3-c2ccccc2)c1. The number of para-hydroxylation sites is 4. The standard InChI is InChI=1S/C31H22N2O2/c34-28-18-6-4-14-24(28)21-10-8-11-22(20-21)25-16-9-17-27-30(25)32-31(26-15-5-7-19-29(26)35)33(27)23-12-2-1-3-13-23/h1-20,34-35H. The Kier molecular flexibility index (Phi) is 5.04.